The summed E-state index contributed by atoms with van der Waals surface area (Å²) >= 11 is 0. The van der Waals surface area contributed by atoms with E-state index in [-0.39, 0.29) is 12.8 Å². The van der Waals surface area contributed by atoms with Gasteiger partial charge in [0.2, 0.25) is 0 Å². The van der Waals surface area contributed by atoms with Gasteiger partial charge in [0, 0.05) is 12.8 Å². The zero-order valence-electron chi connectivity index (χ0n) is 38.1. The number of unbranched alkanes of at least 4 members (excludes halogenated alkanes) is 12. The number of rotatable bonds is 37. The highest BCUT2D eigenvalue weighted by Crippen LogP contribution is 2.47. The molecule has 0 aromatic heterocycles. The second-order valence-electron chi connectivity index (χ2n) is 15.9. The van der Waals surface area contributed by atoms with Crippen LogP contribution in [0.4, 0.5) is 0 Å². The molecule has 0 amide bonds. The summed E-state index contributed by atoms with van der Waals surface area (Å²) in [6.07, 6.45) is 36.4. The van der Waals surface area contributed by atoms with Crippen molar-refractivity contribution in [1.82, 2.24) is 0 Å². The monoisotopic (exact) mass is 909 g/mol. The van der Waals surface area contributed by atoms with Crippen molar-refractivity contribution in [1.29, 1.82) is 0 Å². The van der Waals surface area contributed by atoms with Gasteiger partial charge in [0.15, 0.2) is 6.10 Å². The van der Waals surface area contributed by atoms with Crippen molar-refractivity contribution in [3.05, 3.63) is 85.1 Å². The third-order valence-electron chi connectivity index (χ3n) is 10.3. The molecule has 13 nitrogen and oxygen atoms in total. The van der Waals surface area contributed by atoms with Crippen molar-refractivity contribution in [3.8, 4) is 0 Å². The predicted octanol–water partition coefficient (Wildman–Crippen LogP) is 9.28. The van der Waals surface area contributed by atoms with Crippen LogP contribution in [0.2, 0.25) is 0 Å². The second kappa shape index (κ2) is 38.3. The Kier molecular flexibility index (Phi) is 35.3. The van der Waals surface area contributed by atoms with E-state index in [1.807, 2.05) is 18.2 Å². The standard InChI is InChI=1S/C49H81O13P/c1-3-5-7-9-11-13-15-17-19-20-21-22-24-26-28-30-32-34-36-38-43(51)61-41(40-60-63(57,58)62-49-47(55)45(53)44(52)46(54)48(49)56)39-59-42(50)37-35-33-31-29-27-25-23-18-16-14-12-10-8-6-4-2/h11,13-14,16-19,21-23,26,28,32,34,41,44-49,52-56H,3-10,12,15,20,24-25,27,29-31,33,35-40H2,1-2H3,(H,57,58)/b13-11+,16-14+,19-17+,22-21+,23-18+,28-26+,34-32+/t41-,44?,45-,46?,47?,48?,49?/m1/s1. The highest BCUT2D eigenvalue weighted by molar-refractivity contribution is 7.47. The number of aliphatic hydroxyl groups is 5. The van der Waals surface area contributed by atoms with Gasteiger partial charge < -0.3 is 39.9 Å². The van der Waals surface area contributed by atoms with Crippen LogP contribution in [0.1, 0.15) is 155 Å². The summed E-state index contributed by atoms with van der Waals surface area (Å²) in [7, 11) is -5.15. The fourth-order valence-corrected chi connectivity index (χ4v) is 7.41. The quantitative estimate of drug-likeness (QED) is 0.0113. The molecule has 63 heavy (non-hydrogen) atoms. The molecular weight excluding hydrogens is 828 g/mol. The summed E-state index contributed by atoms with van der Waals surface area (Å²) in [6.45, 7) is 3.16. The van der Waals surface area contributed by atoms with E-state index in [0.29, 0.717) is 19.3 Å². The highest BCUT2D eigenvalue weighted by Gasteiger charge is 2.51. The van der Waals surface area contributed by atoms with E-state index < -0.39 is 75.7 Å². The molecule has 0 spiro atoms. The summed E-state index contributed by atoms with van der Waals surface area (Å²) in [5.41, 5.74) is 0. The van der Waals surface area contributed by atoms with Crippen LogP contribution < -0.4 is 0 Å². The minimum atomic E-state index is -5.15. The zero-order valence-corrected chi connectivity index (χ0v) is 39.0. The number of carbonyl (C=O) groups excluding carboxylic acids is 2. The van der Waals surface area contributed by atoms with Gasteiger partial charge in [-0.15, -0.1) is 0 Å². The molecule has 1 rings (SSSR count). The topological polar surface area (TPSA) is 210 Å². The lowest BCUT2D eigenvalue weighted by atomic mass is 9.85. The van der Waals surface area contributed by atoms with Crippen LogP contribution in [0.3, 0.4) is 0 Å². The van der Waals surface area contributed by atoms with E-state index in [1.54, 1.807) is 0 Å². The minimum absolute atomic E-state index is 0.0347. The van der Waals surface area contributed by atoms with E-state index in [2.05, 4.69) is 80.7 Å². The van der Waals surface area contributed by atoms with E-state index in [9.17, 15) is 44.6 Å². The molecule has 0 saturated heterocycles. The first-order valence-corrected chi connectivity index (χ1v) is 24.9. The molecule has 0 aliphatic heterocycles. The first-order chi connectivity index (χ1) is 30.4. The van der Waals surface area contributed by atoms with Crippen molar-refractivity contribution >= 4 is 19.8 Å². The smallest absolute Gasteiger partial charge is 0.462 e. The lowest BCUT2D eigenvalue weighted by Gasteiger charge is -2.41. The molecule has 1 aliphatic rings. The van der Waals surface area contributed by atoms with Gasteiger partial charge in [0.1, 0.15) is 43.2 Å². The molecular formula is C49H81O13P. The van der Waals surface area contributed by atoms with E-state index in [0.717, 1.165) is 64.2 Å². The Hall–Kier alpha value is -2.97. The SMILES string of the molecule is CCCCC/C=C/C/C=C/C/C=C/C/C=C/C/C=C/CCC(=O)O[C@H](COC(=O)CCCCCCC/C=C/C=C/CCCCCC)COP(=O)(O)OC1C(O)C(O)C(O)[C@@H](O)C1O. The average molecular weight is 909 g/mol. The van der Waals surface area contributed by atoms with Crippen LogP contribution in [0.25, 0.3) is 0 Å². The van der Waals surface area contributed by atoms with Crippen LogP contribution in [0, 0.1) is 0 Å². The van der Waals surface area contributed by atoms with Crippen LogP contribution in [-0.4, -0.2) is 98.3 Å². The Labute approximate surface area is 378 Å². The van der Waals surface area contributed by atoms with Gasteiger partial charge in [0.05, 0.1) is 6.61 Å². The van der Waals surface area contributed by atoms with Crippen molar-refractivity contribution < 1.29 is 63.1 Å². The molecule has 0 aromatic rings. The molecule has 0 bridgehead atoms. The van der Waals surface area contributed by atoms with Crippen LogP contribution in [0.15, 0.2) is 85.1 Å². The lowest BCUT2D eigenvalue weighted by molar-refractivity contribution is -0.220. The number of ether oxygens (including phenoxy) is 2. The first kappa shape index (κ1) is 58.0. The number of hydrogen-bond donors (Lipinski definition) is 6. The van der Waals surface area contributed by atoms with E-state index in [1.165, 1.54) is 44.9 Å². The van der Waals surface area contributed by atoms with Crippen molar-refractivity contribution in [2.45, 2.75) is 198 Å². The maximum Gasteiger partial charge on any atom is 0.472 e. The third kappa shape index (κ3) is 30.7. The fourth-order valence-electron chi connectivity index (χ4n) is 6.44. The number of phosphoric ester groups is 1. The average Bonchev–Trinajstić information content (AvgIpc) is 3.26. The normalized spacial score (nSPS) is 22.5. The van der Waals surface area contributed by atoms with Crippen molar-refractivity contribution in [3.63, 3.8) is 0 Å². The Balaban J connectivity index is 2.54. The van der Waals surface area contributed by atoms with Crippen LogP contribution in [-0.2, 0) is 32.7 Å². The lowest BCUT2D eigenvalue weighted by Crippen LogP contribution is -2.64. The number of carbonyl (C=O) groups is 2. The second-order valence-corrected chi connectivity index (χ2v) is 17.3. The van der Waals surface area contributed by atoms with Gasteiger partial charge in [-0.25, -0.2) is 4.57 Å². The molecule has 14 heteroatoms. The summed E-state index contributed by atoms with van der Waals surface area (Å²) in [5, 5.41) is 50.1. The van der Waals surface area contributed by atoms with Gasteiger partial charge in [-0.05, 0) is 77.0 Å². The molecule has 1 aliphatic carbocycles. The minimum Gasteiger partial charge on any atom is -0.462 e. The number of aliphatic hydroxyl groups excluding tert-OH is 5. The van der Waals surface area contributed by atoms with Crippen molar-refractivity contribution in [2.24, 2.45) is 0 Å². The summed E-state index contributed by atoms with van der Waals surface area (Å²) in [4.78, 5) is 35.7. The Morgan fingerprint density at radius 3 is 1.49 bits per heavy atom. The molecule has 6 unspecified atom stereocenters. The van der Waals surface area contributed by atoms with Gasteiger partial charge in [-0.2, -0.15) is 0 Å². The molecule has 6 N–H and O–H groups in total. The molecule has 0 aromatic carbocycles. The van der Waals surface area contributed by atoms with Crippen LogP contribution >= 0.6 is 7.82 Å². The van der Waals surface area contributed by atoms with Crippen molar-refractivity contribution in [2.75, 3.05) is 13.2 Å². The number of allylic oxidation sites excluding steroid dienone is 14. The summed E-state index contributed by atoms with van der Waals surface area (Å²) < 4.78 is 33.4. The molecule has 0 heterocycles. The maximum absolute atomic E-state index is 12.8. The van der Waals surface area contributed by atoms with Gasteiger partial charge in [-0.1, -0.05) is 150 Å². The number of phosphoric acid groups is 1. The Morgan fingerprint density at radius 2 is 0.937 bits per heavy atom. The first-order valence-electron chi connectivity index (χ1n) is 23.4. The largest absolute Gasteiger partial charge is 0.472 e. The molecule has 1 saturated carbocycles. The molecule has 0 radical (unpaired) electrons. The van der Waals surface area contributed by atoms with Gasteiger partial charge in [0.25, 0.3) is 0 Å². The van der Waals surface area contributed by atoms with Gasteiger partial charge >= 0.3 is 19.8 Å². The zero-order chi connectivity index (χ0) is 46.4. The van der Waals surface area contributed by atoms with Crippen LogP contribution in [0.5, 0.6) is 0 Å². The Morgan fingerprint density at radius 1 is 0.508 bits per heavy atom. The Bertz CT molecular complexity index is 1420. The predicted molar refractivity (Wildman–Crippen MR) is 248 cm³/mol. The highest BCUT2D eigenvalue weighted by atomic mass is 31.2. The van der Waals surface area contributed by atoms with E-state index >= 15 is 0 Å². The number of hydrogen-bond acceptors (Lipinski definition) is 12. The van der Waals surface area contributed by atoms with E-state index in [4.69, 9.17) is 18.5 Å². The third-order valence-corrected chi connectivity index (χ3v) is 11.2. The summed E-state index contributed by atoms with van der Waals surface area (Å²) in [6, 6.07) is 0. The molecule has 1 fully saturated rings. The number of esters is 2. The van der Waals surface area contributed by atoms with Gasteiger partial charge in [-0.3, -0.25) is 18.6 Å². The molecule has 360 valence electrons. The fraction of sp³-hybridized carbons (Fsp3) is 0.673. The maximum atomic E-state index is 12.8. The molecule has 8 atom stereocenters. The summed E-state index contributed by atoms with van der Waals surface area (Å²) in [5.74, 6) is -1.22.